The maximum atomic E-state index is 10.4. The van der Waals surface area contributed by atoms with Crippen LogP contribution in [0.5, 0.6) is 0 Å². The van der Waals surface area contributed by atoms with Crippen LogP contribution in [0.1, 0.15) is 0 Å². The highest BCUT2D eigenvalue weighted by atomic mass is 127. The van der Waals surface area contributed by atoms with E-state index in [0.717, 1.165) is 0 Å². The molecule has 0 aromatic carbocycles. The number of esters is 1. The van der Waals surface area contributed by atoms with Crippen molar-refractivity contribution in [2.45, 2.75) is 0 Å². The second-order valence-corrected chi connectivity index (χ2v) is 2.73. The first-order valence-corrected chi connectivity index (χ1v) is 4.09. The van der Waals surface area contributed by atoms with Crippen LogP contribution in [0, 0.1) is 0 Å². The molecule has 0 amide bonds. The van der Waals surface area contributed by atoms with Crippen LogP contribution < -0.4 is 0 Å². The molecule has 0 bridgehead atoms. The molecule has 0 saturated heterocycles. The van der Waals surface area contributed by atoms with Gasteiger partial charge < -0.3 is 4.74 Å². The Bertz CT molecular complexity index is 119. The maximum Gasteiger partial charge on any atom is 0.344 e. The molecule has 0 N–H and O–H groups in total. The minimum absolute atomic E-state index is 0.278. The molecule has 2 nitrogen and oxygen atoms in total. The van der Waals surface area contributed by atoms with E-state index in [-0.39, 0.29) is 5.97 Å². The van der Waals surface area contributed by atoms with E-state index in [9.17, 15) is 4.79 Å². The molecule has 0 fully saturated rings. The molecule has 0 aliphatic rings. The Labute approximate surface area is 74.9 Å². The highest BCUT2D eigenvalue weighted by molar-refractivity contribution is 14.1. The molecule has 0 unspecified atom stereocenters. The van der Waals surface area contributed by atoms with Gasteiger partial charge in [-0.15, -0.1) is 0 Å². The van der Waals surface area contributed by atoms with Gasteiger partial charge in [0.05, 0.1) is 7.11 Å². The van der Waals surface area contributed by atoms with Crippen LogP contribution in [-0.4, -0.2) is 13.1 Å². The van der Waals surface area contributed by atoms with E-state index in [0.29, 0.717) is 3.58 Å². The minimum atomic E-state index is -0.278. The summed E-state index contributed by atoms with van der Waals surface area (Å²) in [5.74, 6) is -0.278. The number of ether oxygens (including phenoxy) is 1. The molecule has 0 spiro atoms. The van der Waals surface area contributed by atoms with Crippen molar-refractivity contribution in [3.63, 3.8) is 0 Å². The zero-order valence-corrected chi connectivity index (χ0v) is 8.46. The Morgan fingerprint density at radius 3 is 2.38 bits per heavy atom. The average molecular weight is 338 g/mol. The monoisotopic (exact) mass is 338 g/mol. The summed E-state index contributed by atoms with van der Waals surface area (Å²) in [5.41, 5.74) is 0. The van der Waals surface area contributed by atoms with Crippen LogP contribution in [0.15, 0.2) is 7.66 Å². The van der Waals surface area contributed by atoms with E-state index in [1.165, 1.54) is 7.11 Å². The zero-order chi connectivity index (χ0) is 6.57. The van der Waals surface area contributed by atoms with Crippen LogP contribution in [-0.2, 0) is 9.53 Å². The molecular formula is C4H4I2O2. The zero-order valence-electron chi connectivity index (χ0n) is 4.15. The fourth-order valence-electron chi connectivity index (χ4n) is 0.142. The van der Waals surface area contributed by atoms with Crippen molar-refractivity contribution < 1.29 is 9.53 Å². The molecule has 0 atom stereocenters. The lowest BCUT2D eigenvalue weighted by Gasteiger charge is -1.91. The summed E-state index contributed by atoms with van der Waals surface area (Å²) in [6, 6.07) is 0. The van der Waals surface area contributed by atoms with E-state index < -0.39 is 0 Å². The third-order valence-electron chi connectivity index (χ3n) is 0.476. The van der Waals surface area contributed by atoms with Crippen molar-refractivity contribution in [2.75, 3.05) is 7.11 Å². The summed E-state index contributed by atoms with van der Waals surface area (Å²) in [6.45, 7) is 0. The highest BCUT2D eigenvalue weighted by Gasteiger charge is 2.01. The molecule has 0 radical (unpaired) electrons. The molecule has 46 valence electrons. The number of carbonyl (C=O) groups is 1. The van der Waals surface area contributed by atoms with Crippen LogP contribution in [0.2, 0.25) is 0 Å². The highest BCUT2D eigenvalue weighted by Crippen LogP contribution is 2.09. The lowest BCUT2D eigenvalue weighted by Crippen LogP contribution is -1.97. The van der Waals surface area contributed by atoms with Gasteiger partial charge in [0.25, 0.3) is 0 Å². The smallest absolute Gasteiger partial charge is 0.344 e. The quantitative estimate of drug-likeness (QED) is 0.415. The van der Waals surface area contributed by atoms with Gasteiger partial charge in [0.2, 0.25) is 0 Å². The van der Waals surface area contributed by atoms with Gasteiger partial charge >= 0.3 is 5.97 Å². The number of hydrogen-bond donors (Lipinski definition) is 0. The molecule has 0 aliphatic heterocycles. The number of carbonyl (C=O) groups excluding carboxylic acids is 1. The van der Waals surface area contributed by atoms with Crippen molar-refractivity contribution in [1.29, 1.82) is 0 Å². The summed E-state index contributed by atoms with van der Waals surface area (Å²) in [6.07, 6.45) is 0. The summed E-state index contributed by atoms with van der Waals surface area (Å²) in [5, 5.41) is 0. The molecule has 4 heteroatoms. The van der Waals surface area contributed by atoms with Crippen molar-refractivity contribution in [2.24, 2.45) is 0 Å². The Balaban J connectivity index is 3.83. The molecule has 0 rings (SSSR count). The van der Waals surface area contributed by atoms with Crippen LogP contribution in [0.3, 0.4) is 0 Å². The normalized spacial score (nSPS) is 11.1. The largest absolute Gasteiger partial charge is 0.465 e. The Hall–Kier alpha value is 0.670. The van der Waals surface area contributed by atoms with Gasteiger partial charge in [-0.2, -0.15) is 0 Å². The van der Waals surface area contributed by atoms with Gasteiger partial charge in [0, 0.05) is 0 Å². The van der Waals surface area contributed by atoms with Crippen molar-refractivity contribution in [1.82, 2.24) is 0 Å². The lowest BCUT2D eigenvalue weighted by atomic mass is 10.7. The Kier molecular flexibility index (Phi) is 4.92. The molecule has 0 aromatic heterocycles. The second kappa shape index (κ2) is 4.54. The number of halogens is 2. The fraction of sp³-hybridized carbons (Fsp3) is 0.250. The van der Waals surface area contributed by atoms with Crippen molar-refractivity contribution in [3.8, 4) is 0 Å². The Morgan fingerprint density at radius 1 is 1.75 bits per heavy atom. The number of rotatable bonds is 1. The van der Waals surface area contributed by atoms with E-state index in [1.54, 1.807) is 4.08 Å². The summed E-state index contributed by atoms with van der Waals surface area (Å²) in [7, 11) is 1.36. The SMILES string of the molecule is COC(=O)/C(I)=C/I. The predicted octanol–water partition coefficient (Wildman–Crippen LogP) is 1.87. The topological polar surface area (TPSA) is 26.3 Å². The first-order valence-electron chi connectivity index (χ1n) is 1.76. The standard InChI is InChI=1S/C4H4I2O2/c1-8-4(7)3(6)2-5/h2H,1H3/b3-2-. The van der Waals surface area contributed by atoms with Gasteiger partial charge in [-0.1, -0.05) is 22.6 Å². The second-order valence-electron chi connectivity index (χ2n) is 0.949. The van der Waals surface area contributed by atoms with Crippen molar-refractivity contribution in [3.05, 3.63) is 7.66 Å². The van der Waals surface area contributed by atoms with Crippen LogP contribution in [0.4, 0.5) is 0 Å². The Morgan fingerprint density at radius 2 is 2.25 bits per heavy atom. The van der Waals surface area contributed by atoms with Crippen molar-refractivity contribution >= 4 is 51.2 Å². The molecule has 8 heavy (non-hydrogen) atoms. The summed E-state index contributed by atoms with van der Waals surface area (Å²) >= 11 is 3.89. The van der Waals surface area contributed by atoms with Gasteiger partial charge in [-0.3, -0.25) is 0 Å². The fourth-order valence-corrected chi connectivity index (χ4v) is 0.617. The van der Waals surface area contributed by atoms with Gasteiger partial charge in [-0.25, -0.2) is 4.79 Å². The first kappa shape index (κ1) is 8.67. The van der Waals surface area contributed by atoms with E-state index in [4.69, 9.17) is 0 Å². The van der Waals surface area contributed by atoms with E-state index in [2.05, 4.69) is 4.74 Å². The van der Waals surface area contributed by atoms with Gasteiger partial charge in [-0.05, 0) is 26.7 Å². The van der Waals surface area contributed by atoms with Crippen LogP contribution >= 0.6 is 45.2 Å². The third-order valence-corrected chi connectivity index (χ3v) is 3.04. The predicted molar refractivity (Wildman–Crippen MR) is 48.1 cm³/mol. The molecule has 0 saturated carbocycles. The average Bonchev–Trinajstić information content (AvgIpc) is 1.84. The molecular weight excluding hydrogens is 334 g/mol. The number of methoxy groups -OCH3 is 1. The van der Waals surface area contributed by atoms with E-state index >= 15 is 0 Å². The minimum Gasteiger partial charge on any atom is -0.465 e. The van der Waals surface area contributed by atoms with Gasteiger partial charge in [0.15, 0.2) is 0 Å². The van der Waals surface area contributed by atoms with E-state index in [1.807, 2.05) is 45.2 Å². The summed E-state index contributed by atoms with van der Waals surface area (Å²) < 4.78 is 6.66. The number of hydrogen-bond acceptors (Lipinski definition) is 2. The first-order chi connectivity index (χ1) is 3.72. The maximum absolute atomic E-state index is 10.4. The molecule has 0 aromatic rings. The lowest BCUT2D eigenvalue weighted by molar-refractivity contribution is -0.135. The summed E-state index contributed by atoms with van der Waals surface area (Å²) in [4.78, 5) is 10.4. The van der Waals surface area contributed by atoms with Crippen LogP contribution in [0.25, 0.3) is 0 Å². The molecule has 0 heterocycles. The van der Waals surface area contributed by atoms with Gasteiger partial charge in [0.1, 0.15) is 3.58 Å². The molecule has 0 aliphatic carbocycles. The third kappa shape index (κ3) is 2.85.